The number of benzene rings is 1. The fourth-order valence-corrected chi connectivity index (χ4v) is 2.94. The summed E-state index contributed by atoms with van der Waals surface area (Å²) in [7, 11) is 0. The average Bonchev–Trinajstić information content (AvgIpc) is 2.43. The lowest BCUT2D eigenvalue weighted by Gasteiger charge is -2.20. The van der Waals surface area contributed by atoms with E-state index in [4.69, 9.17) is 23.2 Å². The molecule has 2 rings (SSSR count). The number of hydrogen-bond donors (Lipinski definition) is 1. The van der Waals surface area contributed by atoms with Crippen molar-refractivity contribution in [2.75, 3.05) is 0 Å². The summed E-state index contributed by atoms with van der Waals surface area (Å²) >= 11 is 11.8. The maximum Gasteiger partial charge on any atom is 0.244 e. The van der Waals surface area contributed by atoms with Crippen molar-refractivity contribution < 1.29 is 4.79 Å². The van der Waals surface area contributed by atoms with Gasteiger partial charge in [-0.25, -0.2) is 0 Å². The van der Waals surface area contributed by atoms with E-state index in [1.54, 1.807) is 24.3 Å². The molecular formula is C17H21Cl2NO. The first kappa shape index (κ1) is 16.4. The summed E-state index contributed by atoms with van der Waals surface area (Å²) in [4.78, 5) is 12.0. The van der Waals surface area contributed by atoms with Crippen LogP contribution in [-0.4, -0.2) is 11.9 Å². The van der Waals surface area contributed by atoms with Crippen LogP contribution in [0.1, 0.15) is 50.5 Å². The minimum Gasteiger partial charge on any atom is -0.350 e. The SMILES string of the molecule is O=C(/C=C/c1ccc(Cl)c(Cl)c1)NC1CCCCCCC1. The summed E-state index contributed by atoms with van der Waals surface area (Å²) in [6.45, 7) is 0. The number of amides is 1. The van der Waals surface area contributed by atoms with E-state index in [2.05, 4.69) is 5.32 Å². The average molecular weight is 326 g/mol. The molecule has 4 heteroatoms. The zero-order valence-electron chi connectivity index (χ0n) is 12.1. The predicted molar refractivity (Wildman–Crippen MR) is 89.7 cm³/mol. The Morgan fingerprint density at radius 1 is 1.05 bits per heavy atom. The Bertz CT molecular complexity index is 506. The van der Waals surface area contributed by atoms with Crippen molar-refractivity contribution in [1.29, 1.82) is 0 Å². The van der Waals surface area contributed by atoms with Crippen molar-refractivity contribution >= 4 is 35.2 Å². The van der Waals surface area contributed by atoms with E-state index in [0.717, 1.165) is 18.4 Å². The molecule has 0 aliphatic heterocycles. The molecule has 0 atom stereocenters. The van der Waals surface area contributed by atoms with Crippen molar-refractivity contribution in [3.63, 3.8) is 0 Å². The van der Waals surface area contributed by atoms with Crippen molar-refractivity contribution in [1.82, 2.24) is 5.32 Å². The maximum absolute atomic E-state index is 12.0. The van der Waals surface area contributed by atoms with Crippen LogP contribution in [-0.2, 0) is 4.79 Å². The van der Waals surface area contributed by atoms with Gasteiger partial charge in [-0.1, -0.05) is 61.4 Å². The first-order valence-corrected chi connectivity index (χ1v) is 8.34. The van der Waals surface area contributed by atoms with E-state index in [0.29, 0.717) is 16.1 Å². The van der Waals surface area contributed by atoms with Crippen molar-refractivity contribution in [2.45, 2.75) is 51.0 Å². The summed E-state index contributed by atoms with van der Waals surface area (Å²) in [6, 6.07) is 5.64. The fourth-order valence-electron chi connectivity index (χ4n) is 2.64. The highest BCUT2D eigenvalue weighted by Crippen LogP contribution is 2.23. The summed E-state index contributed by atoms with van der Waals surface area (Å²) in [6.07, 6.45) is 11.8. The van der Waals surface area contributed by atoms with Gasteiger partial charge in [0, 0.05) is 12.1 Å². The number of halogens is 2. The zero-order valence-corrected chi connectivity index (χ0v) is 13.6. The summed E-state index contributed by atoms with van der Waals surface area (Å²) < 4.78 is 0. The highest BCUT2D eigenvalue weighted by molar-refractivity contribution is 6.42. The van der Waals surface area contributed by atoms with E-state index in [9.17, 15) is 4.79 Å². The Kier molecular flexibility index (Phi) is 6.59. The first-order chi connectivity index (χ1) is 10.1. The minimum atomic E-state index is -0.0355. The van der Waals surface area contributed by atoms with Gasteiger partial charge in [0.05, 0.1) is 10.0 Å². The third-order valence-electron chi connectivity index (χ3n) is 3.82. The van der Waals surface area contributed by atoms with Crippen molar-refractivity contribution in [3.8, 4) is 0 Å². The first-order valence-electron chi connectivity index (χ1n) is 7.59. The van der Waals surface area contributed by atoms with Crippen LogP contribution < -0.4 is 5.32 Å². The monoisotopic (exact) mass is 325 g/mol. The molecule has 0 aromatic heterocycles. The van der Waals surface area contributed by atoms with E-state index >= 15 is 0 Å². The van der Waals surface area contributed by atoms with Crippen LogP contribution in [0.2, 0.25) is 10.0 Å². The third kappa shape index (κ3) is 5.72. The van der Waals surface area contributed by atoms with Crippen LogP contribution in [0.5, 0.6) is 0 Å². The third-order valence-corrected chi connectivity index (χ3v) is 4.56. The minimum absolute atomic E-state index is 0.0355. The lowest BCUT2D eigenvalue weighted by Crippen LogP contribution is -2.34. The van der Waals surface area contributed by atoms with Gasteiger partial charge in [-0.05, 0) is 36.6 Å². The molecule has 0 unspecified atom stereocenters. The zero-order chi connectivity index (χ0) is 15.1. The molecule has 0 saturated heterocycles. The second-order valence-corrected chi connectivity index (χ2v) is 6.37. The number of rotatable bonds is 3. The fraction of sp³-hybridized carbons (Fsp3) is 0.471. The van der Waals surface area contributed by atoms with Crippen LogP contribution in [0.15, 0.2) is 24.3 Å². The quantitative estimate of drug-likeness (QED) is 0.757. The number of carbonyl (C=O) groups excluding carboxylic acids is 1. The van der Waals surface area contributed by atoms with E-state index in [1.165, 1.54) is 32.1 Å². The van der Waals surface area contributed by atoms with Crippen LogP contribution in [0.25, 0.3) is 6.08 Å². The molecule has 1 saturated carbocycles. The van der Waals surface area contributed by atoms with Gasteiger partial charge in [0.2, 0.25) is 5.91 Å². The van der Waals surface area contributed by atoms with Gasteiger partial charge in [0.1, 0.15) is 0 Å². The second-order valence-electron chi connectivity index (χ2n) is 5.56. The Hall–Kier alpha value is -0.990. The Balaban J connectivity index is 1.87. The molecule has 1 aromatic rings. The molecule has 0 radical (unpaired) electrons. The normalized spacial score (nSPS) is 17.4. The number of nitrogens with one attached hydrogen (secondary N) is 1. The molecule has 1 fully saturated rings. The Labute approximate surface area is 136 Å². The van der Waals surface area contributed by atoms with Gasteiger partial charge in [-0.15, -0.1) is 0 Å². The summed E-state index contributed by atoms with van der Waals surface area (Å²) in [5, 5.41) is 4.12. The number of hydrogen-bond acceptors (Lipinski definition) is 1. The van der Waals surface area contributed by atoms with Gasteiger partial charge in [0.15, 0.2) is 0 Å². The van der Waals surface area contributed by atoms with E-state index in [-0.39, 0.29) is 5.91 Å². The molecular weight excluding hydrogens is 305 g/mol. The lowest BCUT2D eigenvalue weighted by molar-refractivity contribution is -0.117. The maximum atomic E-state index is 12.0. The van der Waals surface area contributed by atoms with Gasteiger partial charge in [-0.2, -0.15) is 0 Å². The van der Waals surface area contributed by atoms with Gasteiger partial charge in [0.25, 0.3) is 0 Å². The molecule has 1 aliphatic carbocycles. The van der Waals surface area contributed by atoms with Crippen molar-refractivity contribution in [3.05, 3.63) is 39.9 Å². The molecule has 1 N–H and O–H groups in total. The molecule has 0 spiro atoms. The van der Waals surface area contributed by atoms with Crippen molar-refractivity contribution in [2.24, 2.45) is 0 Å². The second kappa shape index (κ2) is 8.45. The van der Waals surface area contributed by atoms with Crippen LogP contribution in [0.4, 0.5) is 0 Å². The lowest BCUT2D eigenvalue weighted by atomic mass is 9.97. The van der Waals surface area contributed by atoms with E-state index < -0.39 is 0 Å². The number of carbonyl (C=O) groups is 1. The molecule has 1 amide bonds. The molecule has 0 bridgehead atoms. The largest absolute Gasteiger partial charge is 0.350 e. The van der Waals surface area contributed by atoms with Gasteiger partial charge < -0.3 is 5.32 Å². The molecule has 1 aliphatic rings. The topological polar surface area (TPSA) is 29.1 Å². The molecule has 114 valence electrons. The highest BCUT2D eigenvalue weighted by Gasteiger charge is 2.12. The van der Waals surface area contributed by atoms with E-state index in [1.807, 2.05) is 6.07 Å². The molecule has 2 nitrogen and oxygen atoms in total. The standard InChI is InChI=1S/C17H21Cl2NO/c18-15-10-8-13(12-16(15)19)9-11-17(21)20-14-6-4-2-1-3-5-7-14/h8-12,14H,1-7H2,(H,20,21)/b11-9+. The van der Waals surface area contributed by atoms with Gasteiger partial charge in [-0.3, -0.25) is 4.79 Å². The highest BCUT2D eigenvalue weighted by atomic mass is 35.5. The summed E-state index contributed by atoms with van der Waals surface area (Å²) in [5.41, 5.74) is 0.872. The Morgan fingerprint density at radius 3 is 2.38 bits per heavy atom. The predicted octanol–water partition coefficient (Wildman–Crippen LogP) is 5.24. The van der Waals surface area contributed by atoms with Gasteiger partial charge >= 0.3 is 0 Å². The molecule has 1 aromatic carbocycles. The molecule has 21 heavy (non-hydrogen) atoms. The smallest absolute Gasteiger partial charge is 0.244 e. The summed E-state index contributed by atoms with van der Waals surface area (Å²) in [5.74, 6) is -0.0355. The van der Waals surface area contributed by atoms with Crippen LogP contribution in [0, 0.1) is 0 Å². The van der Waals surface area contributed by atoms with Crippen LogP contribution >= 0.6 is 23.2 Å². The Morgan fingerprint density at radius 2 is 1.71 bits per heavy atom. The molecule has 0 heterocycles. The van der Waals surface area contributed by atoms with Crippen LogP contribution in [0.3, 0.4) is 0 Å².